The second-order valence-electron chi connectivity index (χ2n) is 5.25. The van der Waals surface area contributed by atoms with Crippen LogP contribution in [0.25, 0.3) is 0 Å². The van der Waals surface area contributed by atoms with E-state index in [0.717, 1.165) is 0 Å². The van der Waals surface area contributed by atoms with Gasteiger partial charge in [-0.2, -0.15) is 4.31 Å². The lowest BCUT2D eigenvalue weighted by Crippen LogP contribution is -2.55. The molecule has 5 nitrogen and oxygen atoms in total. The van der Waals surface area contributed by atoms with Gasteiger partial charge in [-0.25, -0.2) is 8.42 Å². The molecule has 106 valence electrons. The van der Waals surface area contributed by atoms with Gasteiger partial charge in [-0.15, -0.1) is 0 Å². The van der Waals surface area contributed by atoms with E-state index in [4.69, 9.17) is 10.5 Å². The van der Waals surface area contributed by atoms with E-state index < -0.39 is 15.6 Å². The first-order chi connectivity index (χ1) is 8.89. The second-order valence-corrected chi connectivity index (χ2v) is 7.08. The van der Waals surface area contributed by atoms with E-state index in [1.165, 1.54) is 4.31 Å². The van der Waals surface area contributed by atoms with E-state index in [1.807, 2.05) is 13.8 Å². The van der Waals surface area contributed by atoms with Gasteiger partial charge >= 0.3 is 0 Å². The van der Waals surface area contributed by atoms with Gasteiger partial charge in [-0.3, -0.25) is 0 Å². The highest BCUT2D eigenvalue weighted by Gasteiger charge is 2.40. The van der Waals surface area contributed by atoms with Gasteiger partial charge in [-0.1, -0.05) is 18.2 Å². The summed E-state index contributed by atoms with van der Waals surface area (Å²) in [6.45, 7) is 5.14. The SMILES string of the molecule is CC1(C)COCCN1S(=O)(=O)c1ccccc1CN. The molecule has 0 saturated carbocycles. The molecule has 1 fully saturated rings. The summed E-state index contributed by atoms with van der Waals surface area (Å²) in [6, 6.07) is 6.88. The molecule has 1 aromatic rings. The topological polar surface area (TPSA) is 72.6 Å². The Kier molecular flexibility index (Phi) is 3.96. The van der Waals surface area contributed by atoms with Crippen LogP contribution in [0.3, 0.4) is 0 Å². The van der Waals surface area contributed by atoms with E-state index in [1.54, 1.807) is 24.3 Å². The van der Waals surface area contributed by atoms with Crippen molar-refractivity contribution in [1.29, 1.82) is 0 Å². The van der Waals surface area contributed by atoms with Gasteiger partial charge < -0.3 is 10.5 Å². The minimum absolute atomic E-state index is 0.209. The molecule has 0 bridgehead atoms. The molecule has 0 spiro atoms. The third-order valence-corrected chi connectivity index (χ3v) is 5.54. The van der Waals surface area contributed by atoms with Crippen LogP contribution in [0.2, 0.25) is 0 Å². The molecule has 0 aliphatic carbocycles. The third-order valence-electron chi connectivity index (χ3n) is 3.33. The van der Waals surface area contributed by atoms with Crippen LogP contribution in [0.5, 0.6) is 0 Å². The summed E-state index contributed by atoms with van der Waals surface area (Å²) < 4.78 is 32.5. The molecular weight excluding hydrogens is 264 g/mol. The maximum Gasteiger partial charge on any atom is 0.244 e. The van der Waals surface area contributed by atoms with Gasteiger partial charge in [0, 0.05) is 13.1 Å². The minimum atomic E-state index is -3.54. The monoisotopic (exact) mass is 284 g/mol. The van der Waals surface area contributed by atoms with Gasteiger partial charge in [0.25, 0.3) is 0 Å². The van der Waals surface area contributed by atoms with Crippen molar-refractivity contribution in [3.63, 3.8) is 0 Å². The average Bonchev–Trinajstić information content (AvgIpc) is 2.37. The zero-order chi connectivity index (χ0) is 14.1. The van der Waals surface area contributed by atoms with Gasteiger partial charge in [0.1, 0.15) is 0 Å². The Labute approximate surface area is 114 Å². The standard InChI is InChI=1S/C13H20N2O3S/c1-13(2)10-18-8-7-15(13)19(16,17)12-6-4-3-5-11(12)9-14/h3-6H,7-10,14H2,1-2H3. The number of hydrogen-bond acceptors (Lipinski definition) is 4. The number of ether oxygens (including phenoxy) is 1. The zero-order valence-corrected chi connectivity index (χ0v) is 12.1. The molecule has 1 aliphatic rings. The van der Waals surface area contributed by atoms with Crippen LogP contribution in [-0.4, -0.2) is 38.0 Å². The zero-order valence-electron chi connectivity index (χ0n) is 11.3. The van der Waals surface area contributed by atoms with Crippen molar-refractivity contribution in [2.45, 2.75) is 30.8 Å². The Morgan fingerprint density at radius 2 is 2.05 bits per heavy atom. The summed E-state index contributed by atoms with van der Waals surface area (Å²) in [6.07, 6.45) is 0. The third kappa shape index (κ3) is 2.67. The van der Waals surface area contributed by atoms with E-state index in [0.29, 0.717) is 30.2 Å². The number of rotatable bonds is 3. The molecular formula is C13H20N2O3S. The largest absolute Gasteiger partial charge is 0.378 e. The second kappa shape index (κ2) is 5.20. The van der Waals surface area contributed by atoms with Gasteiger partial charge in [0.15, 0.2) is 0 Å². The fourth-order valence-corrected chi connectivity index (χ4v) is 4.32. The van der Waals surface area contributed by atoms with Crippen molar-refractivity contribution in [1.82, 2.24) is 4.31 Å². The van der Waals surface area contributed by atoms with Crippen LogP contribution in [0.4, 0.5) is 0 Å². The Bertz CT molecular complexity index is 555. The molecule has 0 unspecified atom stereocenters. The molecule has 0 atom stereocenters. The summed E-state index contributed by atoms with van der Waals surface area (Å²) in [7, 11) is -3.54. The number of benzene rings is 1. The Balaban J connectivity index is 2.47. The first kappa shape index (κ1) is 14.5. The van der Waals surface area contributed by atoms with Crippen molar-refractivity contribution >= 4 is 10.0 Å². The van der Waals surface area contributed by atoms with E-state index in [-0.39, 0.29) is 6.54 Å². The molecule has 0 radical (unpaired) electrons. The molecule has 1 aliphatic heterocycles. The van der Waals surface area contributed by atoms with Gasteiger partial charge in [-0.05, 0) is 25.5 Å². The van der Waals surface area contributed by atoms with Crippen molar-refractivity contribution in [3.8, 4) is 0 Å². The highest BCUT2D eigenvalue weighted by molar-refractivity contribution is 7.89. The van der Waals surface area contributed by atoms with Crippen LogP contribution in [0, 0.1) is 0 Å². The Morgan fingerprint density at radius 1 is 1.37 bits per heavy atom. The molecule has 19 heavy (non-hydrogen) atoms. The van der Waals surface area contributed by atoms with Crippen LogP contribution in [0.1, 0.15) is 19.4 Å². The van der Waals surface area contributed by atoms with Crippen molar-refractivity contribution in [2.24, 2.45) is 5.73 Å². The smallest absolute Gasteiger partial charge is 0.244 e. The summed E-state index contributed by atoms with van der Waals surface area (Å²) in [5, 5.41) is 0. The Hall–Kier alpha value is -0.950. The number of sulfonamides is 1. The van der Waals surface area contributed by atoms with E-state index in [2.05, 4.69) is 0 Å². The lowest BCUT2D eigenvalue weighted by molar-refractivity contribution is -0.00772. The van der Waals surface area contributed by atoms with Gasteiger partial charge in [0.2, 0.25) is 10.0 Å². The number of hydrogen-bond donors (Lipinski definition) is 1. The first-order valence-electron chi connectivity index (χ1n) is 6.28. The molecule has 1 heterocycles. The number of nitrogens with zero attached hydrogens (tertiary/aromatic N) is 1. The summed E-state index contributed by atoms with van der Waals surface area (Å²) >= 11 is 0. The summed E-state index contributed by atoms with van der Waals surface area (Å²) in [5.41, 5.74) is 5.74. The number of nitrogens with two attached hydrogens (primary N) is 1. The van der Waals surface area contributed by atoms with Gasteiger partial charge in [0.05, 0.1) is 23.6 Å². The summed E-state index contributed by atoms with van der Waals surface area (Å²) in [5.74, 6) is 0. The lowest BCUT2D eigenvalue weighted by atomic mass is 10.1. The van der Waals surface area contributed by atoms with Crippen molar-refractivity contribution in [2.75, 3.05) is 19.8 Å². The fourth-order valence-electron chi connectivity index (χ4n) is 2.33. The molecule has 2 N–H and O–H groups in total. The van der Waals surface area contributed by atoms with Crippen LogP contribution in [0.15, 0.2) is 29.2 Å². The predicted molar refractivity (Wildman–Crippen MR) is 73.1 cm³/mol. The molecule has 1 saturated heterocycles. The summed E-state index contributed by atoms with van der Waals surface area (Å²) in [4.78, 5) is 0.299. The molecule has 1 aromatic carbocycles. The number of morpholine rings is 1. The van der Waals surface area contributed by atoms with Crippen LogP contribution < -0.4 is 5.73 Å². The minimum Gasteiger partial charge on any atom is -0.378 e. The molecule has 0 aromatic heterocycles. The maximum absolute atomic E-state index is 12.8. The van der Waals surface area contributed by atoms with E-state index in [9.17, 15) is 8.42 Å². The van der Waals surface area contributed by atoms with Crippen molar-refractivity contribution in [3.05, 3.63) is 29.8 Å². The average molecular weight is 284 g/mol. The first-order valence-corrected chi connectivity index (χ1v) is 7.72. The van der Waals surface area contributed by atoms with Crippen LogP contribution in [-0.2, 0) is 21.3 Å². The fraction of sp³-hybridized carbons (Fsp3) is 0.538. The predicted octanol–water partition coefficient (Wildman–Crippen LogP) is 0.945. The molecule has 0 amide bonds. The normalized spacial score (nSPS) is 20.4. The van der Waals surface area contributed by atoms with E-state index >= 15 is 0 Å². The molecule has 6 heteroatoms. The van der Waals surface area contributed by atoms with Crippen LogP contribution >= 0.6 is 0 Å². The highest BCUT2D eigenvalue weighted by atomic mass is 32.2. The maximum atomic E-state index is 12.8. The lowest BCUT2D eigenvalue weighted by Gasteiger charge is -2.41. The van der Waals surface area contributed by atoms with Crippen molar-refractivity contribution < 1.29 is 13.2 Å². The highest BCUT2D eigenvalue weighted by Crippen LogP contribution is 2.28. The Morgan fingerprint density at radius 3 is 2.68 bits per heavy atom. The molecule has 2 rings (SSSR count). The quantitative estimate of drug-likeness (QED) is 0.896.